The second kappa shape index (κ2) is 9.70. The van der Waals surface area contributed by atoms with Gasteiger partial charge in [0.25, 0.3) is 5.56 Å². The van der Waals surface area contributed by atoms with Crippen LogP contribution in [0.5, 0.6) is 0 Å². The van der Waals surface area contributed by atoms with Gasteiger partial charge in [0.15, 0.2) is 0 Å². The smallest absolute Gasteiger partial charge is 0.280 e. The third-order valence-corrected chi connectivity index (χ3v) is 4.94. The van der Waals surface area contributed by atoms with Gasteiger partial charge in [-0.1, -0.05) is 72.8 Å². The Morgan fingerprint density at radius 2 is 1.38 bits per heavy atom. The number of hydrogen-bond acceptors (Lipinski definition) is 4. The minimum atomic E-state index is -0.428. The largest absolute Gasteiger partial charge is 0.352 e. The van der Waals surface area contributed by atoms with Gasteiger partial charge in [-0.15, -0.1) is 0 Å². The standard InChI is InChI=1S/C25H22N4O3/c30-23(26-17-19-11-5-2-6-12-19)16-22-27-21-14-8-7-13-20(21)25(32)29(22)28-24(31)15-18-9-3-1-4-10-18/h1-14H,15-17H2,(H,26,30)(H,28,31). The molecule has 32 heavy (non-hydrogen) atoms. The first-order valence-corrected chi connectivity index (χ1v) is 10.3. The molecule has 7 nitrogen and oxygen atoms in total. The molecule has 2 N–H and O–H groups in total. The van der Waals surface area contributed by atoms with Crippen molar-refractivity contribution in [1.29, 1.82) is 0 Å². The fourth-order valence-electron chi connectivity index (χ4n) is 3.36. The molecule has 0 atom stereocenters. The lowest BCUT2D eigenvalue weighted by Crippen LogP contribution is -2.38. The molecule has 1 heterocycles. The number of benzene rings is 3. The van der Waals surface area contributed by atoms with Gasteiger partial charge in [-0.3, -0.25) is 19.8 Å². The monoisotopic (exact) mass is 426 g/mol. The number of hydrogen-bond donors (Lipinski definition) is 2. The predicted molar refractivity (Wildman–Crippen MR) is 123 cm³/mol. The quantitative estimate of drug-likeness (QED) is 0.475. The Balaban J connectivity index is 1.58. The highest BCUT2D eigenvalue weighted by Gasteiger charge is 2.16. The van der Waals surface area contributed by atoms with E-state index in [9.17, 15) is 14.4 Å². The molecule has 2 amide bonds. The number of para-hydroxylation sites is 1. The van der Waals surface area contributed by atoms with Gasteiger partial charge in [0.05, 0.1) is 23.7 Å². The molecule has 0 unspecified atom stereocenters. The van der Waals surface area contributed by atoms with Crippen molar-refractivity contribution in [2.75, 3.05) is 5.43 Å². The molecule has 0 fully saturated rings. The van der Waals surface area contributed by atoms with E-state index < -0.39 is 5.56 Å². The number of amides is 2. The molecule has 7 heteroatoms. The van der Waals surface area contributed by atoms with Crippen LogP contribution in [0.1, 0.15) is 17.0 Å². The van der Waals surface area contributed by atoms with Crippen molar-refractivity contribution >= 4 is 22.7 Å². The number of carbonyl (C=O) groups is 2. The second-order valence-electron chi connectivity index (χ2n) is 7.32. The number of carbonyl (C=O) groups excluding carboxylic acids is 2. The van der Waals surface area contributed by atoms with Gasteiger partial charge in [-0.25, -0.2) is 9.66 Å². The van der Waals surface area contributed by atoms with E-state index in [1.807, 2.05) is 60.7 Å². The summed E-state index contributed by atoms with van der Waals surface area (Å²) in [5.41, 5.74) is 4.44. The molecule has 0 aliphatic rings. The molecular weight excluding hydrogens is 404 g/mol. The molecule has 3 aromatic carbocycles. The highest BCUT2D eigenvalue weighted by Crippen LogP contribution is 2.08. The molecule has 0 saturated carbocycles. The van der Waals surface area contributed by atoms with Crippen LogP contribution in [0.3, 0.4) is 0 Å². The van der Waals surface area contributed by atoms with Crippen LogP contribution >= 0.6 is 0 Å². The molecule has 0 bridgehead atoms. The zero-order chi connectivity index (χ0) is 22.3. The SMILES string of the molecule is O=C(Cc1nc2ccccc2c(=O)n1NC(=O)Cc1ccccc1)NCc1ccccc1. The highest BCUT2D eigenvalue weighted by atomic mass is 16.2. The second-order valence-corrected chi connectivity index (χ2v) is 7.32. The molecule has 0 aliphatic carbocycles. The van der Waals surface area contributed by atoms with Crippen molar-refractivity contribution in [2.24, 2.45) is 0 Å². The third-order valence-electron chi connectivity index (χ3n) is 4.94. The molecule has 0 radical (unpaired) electrons. The Morgan fingerprint density at radius 3 is 2.09 bits per heavy atom. The zero-order valence-corrected chi connectivity index (χ0v) is 17.3. The van der Waals surface area contributed by atoms with Crippen molar-refractivity contribution in [3.63, 3.8) is 0 Å². The summed E-state index contributed by atoms with van der Waals surface area (Å²) in [5.74, 6) is -0.510. The topological polar surface area (TPSA) is 93.1 Å². The maximum Gasteiger partial charge on any atom is 0.280 e. The molecule has 1 aromatic heterocycles. The van der Waals surface area contributed by atoms with Crippen molar-refractivity contribution in [3.8, 4) is 0 Å². The van der Waals surface area contributed by atoms with Crippen molar-refractivity contribution in [3.05, 3.63) is 112 Å². The van der Waals surface area contributed by atoms with E-state index in [1.54, 1.807) is 24.3 Å². The number of fused-ring (bicyclic) bond motifs is 1. The summed E-state index contributed by atoms with van der Waals surface area (Å²) < 4.78 is 1.08. The van der Waals surface area contributed by atoms with E-state index in [2.05, 4.69) is 15.7 Å². The summed E-state index contributed by atoms with van der Waals surface area (Å²) in [6.45, 7) is 0.359. The van der Waals surface area contributed by atoms with Crippen LogP contribution in [-0.4, -0.2) is 21.5 Å². The summed E-state index contributed by atoms with van der Waals surface area (Å²) in [6.07, 6.45) is -0.0573. The summed E-state index contributed by atoms with van der Waals surface area (Å²) in [7, 11) is 0. The molecule has 4 rings (SSSR count). The first-order valence-electron chi connectivity index (χ1n) is 10.3. The lowest BCUT2D eigenvalue weighted by Gasteiger charge is -2.14. The van der Waals surface area contributed by atoms with E-state index in [4.69, 9.17) is 0 Å². The van der Waals surface area contributed by atoms with Gasteiger partial charge in [0.2, 0.25) is 11.8 Å². The predicted octanol–water partition coefficient (Wildman–Crippen LogP) is 2.57. The maximum atomic E-state index is 13.1. The lowest BCUT2D eigenvalue weighted by atomic mass is 10.1. The Kier molecular flexibility index (Phi) is 6.36. The van der Waals surface area contributed by atoms with E-state index in [0.717, 1.165) is 15.8 Å². The minimum absolute atomic E-state index is 0.0970. The van der Waals surface area contributed by atoms with Gasteiger partial charge in [-0.2, -0.15) is 0 Å². The van der Waals surface area contributed by atoms with Crippen LogP contribution in [0.2, 0.25) is 0 Å². The number of nitrogens with one attached hydrogen (secondary N) is 2. The van der Waals surface area contributed by atoms with Crippen LogP contribution in [0.4, 0.5) is 0 Å². The van der Waals surface area contributed by atoms with Crippen LogP contribution < -0.4 is 16.3 Å². The van der Waals surface area contributed by atoms with Crippen LogP contribution in [0.15, 0.2) is 89.7 Å². The van der Waals surface area contributed by atoms with Gasteiger partial charge in [-0.05, 0) is 23.3 Å². The molecule has 4 aromatic rings. The van der Waals surface area contributed by atoms with Gasteiger partial charge in [0, 0.05) is 6.54 Å². The Hall–Kier alpha value is -4.26. The summed E-state index contributed by atoms with van der Waals surface area (Å²) in [6, 6.07) is 25.6. The number of aromatic nitrogens is 2. The number of rotatable bonds is 7. The molecular formula is C25H22N4O3. The normalized spacial score (nSPS) is 10.6. The molecule has 0 aliphatic heterocycles. The van der Waals surface area contributed by atoms with Crippen molar-refractivity contribution in [2.45, 2.75) is 19.4 Å². The first kappa shape index (κ1) is 21.0. The van der Waals surface area contributed by atoms with Gasteiger partial charge in [0.1, 0.15) is 5.82 Å². The van der Waals surface area contributed by atoms with Gasteiger partial charge < -0.3 is 5.32 Å². The summed E-state index contributed by atoms with van der Waals surface area (Å²) in [4.78, 5) is 42.8. The summed E-state index contributed by atoms with van der Waals surface area (Å²) in [5, 5.41) is 3.19. The average molecular weight is 426 g/mol. The van der Waals surface area contributed by atoms with Crippen LogP contribution in [0, 0.1) is 0 Å². The van der Waals surface area contributed by atoms with Crippen molar-refractivity contribution < 1.29 is 9.59 Å². The third kappa shape index (κ3) is 5.07. The highest BCUT2D eigenvalue weighted by molar-refractivity contribution is 5.87. The molecule has 0 spiro atoms. The lowest BCUT2D eigenvalue weighted by molar-refractivity contribution is -0.121. The van der Waals surface area contributed by atoms with Crippen molar-refractivity contribution in [1.82, 2.24) is 15.0 Å². The van der Waals surface area contributed by atoms with Crippen LogP contribution in [-0.2, 0) is 29.0 Å². The Morgan fingerprint density at radius 1 is 0.750 bits per heavy atom. The average Bonchev–Trinajstić information content (AvgIpc) is 2.81. The van der Waals surface area contributed by atoms with Gasteiger partial charge >= 0.3 is 0 Å². The fourth-order valence-corrected chi connectivity index (χ4v) is 3.36. The first-order chi connectivity index (χ1) is 15.6. The van der Waals surface area contributed by atoms with E-state index in [-0.39, 0.29) is 30.5 Å². The number of nitrogens with zero attached hydrogens (tertiary/aromatic N) is 2. The maximum absolute atomic E-state index is 13.1. The van der Waals surface area contributed by atoms with Crippen LogP contribution in [0.25, 0.3) is 10.9 Å². The molecule has 160 valence electrons. The fraction of sp³-hybridized carbons (Fsp3) is 0.120. The summed E-state index contributed by atoms with van der Waals surface area (Å²) >= 11 is 0. The minimum Gasteiger partial charge on any atom is -0.352 e. The van der Waals surface area contributed by atoms with E-state index in [1.165, 1.54) is 0 Å². The Bertz CT molecular complexity index is 1300. The zero-order valence-electron chi connectivity index (χ0n) is 17.3. The van der Waals surface area contributed by atoms with E-state index >= 15 is 0 Å². The van der Waals surface area contributed by atoms with E-state index in [0.29, 0.717) is 17.4 Å². The Labute approximate surface area is 184 Å². The molecule has 0 saturated heterocycles.